The first-order chi connectivity index (χ1) is 9.63. The molecule has 110 valence electrons. The van der Waals surface area contributed by atoms with Crippen molar-refractivity contribution in [1.29, 1.82) is 0 Å². The van der Waals surface area contributed by atoms with E-state index < -0.39 is 0 Å². The van der Waals surface area contributed by atoms with Crippen LogP contribution >= 0.6 is 15.9 Å². The normalized spacial score (nSPS) is 24.9. The van der Waals surface area contributed by atoms with Gasteiger partial charge in [0.25, 0.3) is 0 Å². The second-order valence-corrected chi connectivity index (χ2v) is 7.70. The summed E-state index contributed by atoms with van der Waals surface area (Å²) in [6, 6.07) is 7.57. The van der Waals surface area contributed by atoms with Gasteiger partial charge in [-0.15, -0.1) is 0 Å². The molecule has 20 heavy (non-hydrogen) atoms. The van der Waals surface area contributed by atoms with Gasteiger partial charge < -0.3 is 10.2 Å². The van der Waals surface area contributed by atoms with Crippen molar-refractivity contribution in [3.63, 3.8) is 0 Å². The van der Waals surface area contributed by atoms with Gasteiger partial charge in [-0.05, 0) is 61.4 Å². The van der Waals surface area contributed by atoms with Crippen LogP contribution in [0, 0.1) is 11.8 Å². The minimum Gasteiger partial charge on any atom is -0.368 e. The Morgan fingerprint density at radius 3 is 2.85 bits per heavy atom. The second-order valence-electron chi connectivity index (χ2n) is 6.78. The Morgan fingerprint density at radius 1 is 1.35 bits per heavy atom. The number of piperidine rings is 1. The van der Waals surface area contributed by atoms with Crippen LogP contribution in [0.1, 0.15) is 38.7 Å². The zero-order valence-electron chi connectivity index (χ0n) is 12.5. The maximum atomic E-state index is 3.62. The number of hydrogen-bond donors (Lipinski definition) is 1. The number of anilines is 1. The molecule has 1 saturated heterocycles. The van der Waals surface area contributed by atoms with Gasteiger partial charge in [-0.1, -0.05) is 29.8 Å². The van der Waals surface area contributed by atoms with Gasteiger partial charge >= 0.3 is 0 Å². The van der Waals surface area contributed by atoms with E-state index in [0.717, 1.165) is 25.0 Å². The lowest BCUT2D eigenvalue weighted by Crippen LogP contribution is -2.33. The monoisotopic (exact) mass is 336 g/mol. The number of rotatable bonds is 5. The van der Waals surface area contributed by atoms with Crippen molar-refractivity contribution in [3.8, 4) is 0 Å². The van der Waals surface area contributed by atoms with Gasteiger partial charge in [0.2, 0.25) is 0 Å². The summed E-state index contributed by atoms with van der Waals surface area (Å²) in [5.74, 6) is 1.65. The van der Waals surface area contributed by atoms with Gasteiger partial charge in [0.15, 0.2) is 0 Å². The number of benzene rings is 1. The third-order valence-electron chi connectivity index (χ3n) is 4.63. The van der Waals surface area contributed by atoms with Crippen LogP contribution in [-0.4, -0.2) is 19.1 Å². The molecule has 3 rings (SSSR count). The highest BCUT2D eigenvalue weighted by molar-refractivity contribution is 9.10. The molecule has 1 saturated carbocycles. The lowest BCUT2D eigenvalue weighted by Gasteiger charge is -2.31. The van der Waals surface area contributed by atoms with Gasteiger partial charge in [-0.2, -0.15) is 0 Å². The molecule has 0 spiro atoms. The van der Waals surface area contributed by atoms with Crippen LogP contribution in [0.15, 0.2) is 22.7 Å². The first-order valence-electron chi connectivity index (χ1n) is 7.89. The highest BCUT2D eigenvalue weighted by Gasteiger charge is 2.38. The van der Waals surface area contributed by atoms with Crippen LogP contribution in [-0.2, 0) is 6.54 Å². The fourth-order valence-corrected chi connectivity index (χ4v) is 4.10. The molecular weight excluding hydrogens is 312 g/mol. The average Bonchev–Trinajstić information content (AvgIpc) is 3.01. The van der Waals surface area contributed by atoms with Crippen molar-refractivity contribution in [2.75, 3.05) is 18.0 Å². The number of hydrogen-bond acceptors (Lipinski definition) is 2. The summed E-state index contributed by atoms with van der Waals surface area (Å²) in [6.45, 7) is 7.84. The molecule has 2 bridgehead atoms. The predicted molar refractivity (Wildman–Crippen MR) is 89.2 cm³/mol. The lowest BCUT2D eigenvalue weighted by atomic mass is 10.1. The van der Waals surface area contributed by atoms with Crippen LogP contribution in [0.25, 0.3) is 0 Å². The number of nitrogens with zero attached hydrogens (tertiary/aromatic N) is 1. The van der Waals surface area contributed by atoms with Crippen LogP contribution < -0.4 is 10.2 Å². The average molecular weight is 337 g/mol. The highest BCUT2D eigenvalue weighted by Crippen LogP contribution is 2.41. The second kappa shape index (κ2) is 6.07. The van der Waals surface area contributed by atoms with Crippen LogP contribution in [0.4, 0.5) is 5.69 Å². The van der Waals surface area contributed by atoms with E-state index >= 15 is 0 Å². The number of nitrogens with one attached hydrogen (secondary N) is 1. The van der Waals surface area contributed by atoms with E-state index in [9.17, 15) is 0 Å². The summed E-state index contributed by atoms with van der Waals surface area (Å²) in [5.41, 5.74) is 2.89. The molecule has 2 fully saturated rings. The Hall–Kier alpha value is -0.540. The topological polar surface area (TPSA) is 15.3 Å². The molecule has 1 N–H and O–H groups in total. The summed E-state index contributed by atoms with van der Waals surface area (Å²) in [6.07, 6.45) is 4.24. The Labute approximate surface area is 131 Å². The predicted octanol–water partition coefficient (Wildman–Crippen LogP) is 4.18. The van der Waals surface area contributed by atoms with E-state index in [1.54, 1.807) is 0 Å². The summed E-state index contributed by atoms with van der Waals surface area (Å²) in [4.78, 5) is 2.66. The minimum atomic E-state index is 0.702. The number of fused-ring (bicyclic) bond motifs is 2. The van der Waals surface area contributed by atoms with Crippen LogP contribution in [0.2, 0.25) is 0 Å². The third-order valence-corrected chi connectivity index (χ3v) is 5.12. The van der Waals surface area contributed by atoms with E-state index in [1.165, 1.54) is 41.5 Å². The molecule has 1 aromatic rings. The largest absolute Gasteiger partial charge is 0.368 e. The molecule has 2 nitrogen and oxygen atoms in total. The Morgan fingerprint density at radius 2 is 2.20 bits per heavy atom. The molecule has 2 atom stereocenters. The lowest BCUT2D eigenvalue weighted by molar-refractivity contribution is 0.542. The van der Waals surface area contributed by atoms with Crippen LogP contribution in [0.5, 0.6) is 0 Å². The van der Waals surface area contributed by atoms with Gasteiger partial charge in [-0.25, -0.2) is 0 Å². The van der Waals surface area contributed by atoms with E-state index in [-0.39, 0.29) is 0 Å². The smallest absolute Gasteiger partial charge is 0.0415 e. The van der Waals surface area contributed by atoms with Crippen molar-refractivity contribution in [1.82, 2.24) is 5.32 Å². The zero-order chi connectivity index (χ0) is 14.1. The summed E-state index contributed by atoms with van der Waals surface area (Å²) in [7, 11) is 0. The van der Waals surface area contributed by atoms with Crippen molar-refractivity contribution in [2.45, 2.75) is 45.7 Å². The highest BCUT2D eigenvalue weighted by atomic mass is 79.9. The quantitative estimate of drug-likeness (QED) is 0.867. The SMILES string of the molecule is CC(C)CNCc1cc(Br)ccc1N1CC2CCC1C2. The Balaban J connectivity index is 1.76. The van der Waals surface area contributed by atoms with Crippen LogP contribution in [0.3, 0.4) is 0 Å². The third kappa shape index (κ3) is 3.04. The Bertz CT molecular complexity index is 472. The molecule has 2 aliphatic rings. The summed E-state index contributed by atoms with van der Waals surface area (Å²) < 4.78 is 1.19. The van der Waals surface area contributed by atoms with E-state index in [1.807, 2.05) is 0 Å². The molecular formula is C17H25BrN2. The van der Waals surface area contributed by atoms with Crippen molar-refractivity contribution in [3.05, 3.63) is 28.2 Å². The molecule has 0 radical (unpaired) electrons. The standard InChI is InChI=1S/C17H25BrN2/c1-12(2)9-19-10-14-8-15(18)4-6-17(14)20-11-13-3-5-16(20)7-13/h4,6,8,12-13,16,19H,3,5,7,9-11H2,1-2H3. The Kier molecular flexibility index (Phi) is 4.37. The summed E-state index contributed by atoms with van der Waals surface area (Å²) >= 11 is 3.62. The molecule has 1 aromatic carbocycles. The van der Waals surface area contributed by atoms with Crippen molar-refractivity contribution < 1.29 is 0 Å². The fourth-order valence-electron chi connectivity index (χ4n) is 3.69. The van der Waals surface area contributed by atoms with E-state index in [0.29, 0.717) is 5.92 Å². The van der Waals surface area contributed by atoms with Gasteiger partial charge in [-0.3, -0.25) is 0 Å². The molecule has 0 aromatic heterocycles. The number of halogens is 1. The molecule has 2 unspecified atom stereocenters. The summed E-state index contributed by atoms with van der Waals surface area (Å²) in [5, 5.41) is 3.59. The van der Waals surface area contributed by atoms with Gasteiger partial charge in [0, 0.05) is 29.3 Å². The first-order valence-corrected chi connectivity index (χ1v) is 8.68. The molecule has 0 amide bonds. The maximum absolute atomic E-state index is 3.62. The molecule has 3 heteroatoms. The molecule has 1 heterocycles. The minimum absolute atomic E-state index is 0.702. The van der Waals surface area contributed by atoms with Crippen molar-refractivity contribution in [2.24, 2.45) is 11.8 Å². The van der Waals surface area contributed by atoms with E-state index in [2.05, 4.69) is 58.2 Å². The van der Waals surface area contributed by atoms with Gasteiger partial charge in [0.1, 0.15) is 0 Å². The molecule has 1 aliphatic heterocycles. The van der Waals surface area contributed by atoms with Gasteiger partial charge in [0.05, 0.1) is 0 Å². The first kappa shape index (κ1) is 14.4. The van der Waals surface area contributed by atoms with E-state index in [4.69, 9.17) is 0 Å². The molecule has 1 aliphatic carbocycles. The van der Waals surface area contributed by atoms with Crippen molar-refractivity contribution >= 4 is 21.6 Å². The zero-order valence-corrected chi connectivity index (χ0v) is 14.1. The maximum Gasteiger partial charge on any atom is 0.0415 e. The fraction of sp³-hybridized carbons (Fsp3) is 0.647.